The van der Waals surface area contributed by atoms with Crippen molar-refractivity contribution in [2.24, 2.45) is 0 Å². The number of amides is 2. The molecule has 0 aliphatic rings. The zero-order valence-electron chi connectivity index (χ0n) is 14.2. The highest BCUT2D eigenvalue weighted by Gasteiger charge is 2.11. The van der Waals surface area contributed by atoms with Gasteiger partial charge in [-0.15, -0.1) is 0 Å². The highest BCUT2D eigenvalue weighted by atomic mass is 16.5. The van der Waals surface area contributed by atoms with Crippen molar-refractivity contribution < 1.29 is 9.53 Å². The molecule has 1 aromatic carbocycles. The quantitative estimate of drug-likeness (QED) is 0.736. The fraction of sp³-hybridized carbons (Fsp3) is 0.588. The van der Waals surface area contributed by atoms with Crippen molar-refractivity contribution in [3.05, 3.63) is 29.8 Å². The molecule has 0 saturated carbocycles. The third kappa shape index (κ3) is 5.93. The monoisotopic (exact) mass is 307 g/mol. The number of benzene rings is 1. The number of para-hydroxylation sites is 1. The summed E-state index contributed by atoms with van der Waals surface area (Å²) < 4.78 is 5.30. The molecule has 124 valence electrons. The smallest absolute Gasteiger partial charge is 0.314 e. The van der Waals surface area contributed by atoms with Gasteiger partial charge in [0.1, 0.15) is 5.75 Å². The first-order valence-electron chi connectivity index (χ1n) is 7.99. The van der Waals surface area contributed by atoms with Crippen molar-refractivity contribution in [3.63, 3.8) is 0 Å². The molecular weight excluding hydrogens is 278 g/mol. The van der Waals surface area contributed by atoms with Gasteiger partial charge in [-0.1, -0.05) is 32.0 Å². The van der Waals surface area contributed by atoms with Gasteiger partial charge in [0.25, 0.3) is 0 Å². The fourth-order valence-corrected chi connectivity index (χ4v) is 2.50. The summed E-state index contributed by atoms with van der Waals surface area (Å²) in [6.07, 6.45) is 0.753. The number of nitrogens with one attached hydrogen (secondary N) is 2. The number of urea groups is 1. The van der Waals surface area contributed by atoms with Gasteiger partial charge in [-0.3, -0.25) is 4.90 Å². The van der Waals surface area contributed by atoms with Crippen LogP contribution in [0.15, 0.2) is 24.3 Å². The van der Waals surface area contributed by atoms with Crippen LogP contribution in [-0.2, 0) is 6.42 Å². The molecule has 1 aromatic rings. The van der Waals surface area contributed by atoms with E-state index in [2.05, 4.69) is 36.3 Å². The first kappa shape index (κ1) is 18.3. The Morgan fingerprint density at radius 1 is 1.23 bits per heavy atom. The van der Waals surface area contributed by atoms with Gasteiger partial charge >= 0.3 is 6.03 Å². The van der Waals surface area contributed by atoms with E-state index in [9.17, 15) is 4.79 Å². The lowest BCUT2D eigenvalue weighted by atomic mass is 10.1. The van der Waals surface area contributed by atoms with Crippen LogP contribution >= 0.6 is 0 Å². The molecule has 0 aromatic heterocycles. The Labute approximate surface area is 134 Å². The van der Waals surface area contributed by atoms with Crippen molar-refractivity contribution in [2.45, 2.75) is 33.2 Å². The molecule has 0 spiro atoms. The first-order valence-corrected chi connectivity index (χ1v) is 7.99. The molecule has 1 atom stereocenters. The SMILES string of the molecule is CCN(CC)C(C)CNC(=O)NCCc1ccccc1OC. The molecule has 5 nitrogen and oxygen atoms in total. The standard InChI is InChI=1S/C17H29N3O2/c1-5-20(6-2)14(3)13-19-17(21)18-12-11-15-9-7-8-10-16(15)22-4/h7-10,14H,5-6,11-13H2,1-4H3,(H2,18,19,21). The lowest BCUT2D eigenvalue weighted by Crippen LogP contribution is -2.45. The molecule has 2 amide bonds. The second-order valence-corrected chi connectivity index (χ2v) is 5.27. The minimum Gasteiger partial charge on any atom is -0.496 e. The van der Waals surface area contributed by atoms with E-state index < -0.39 is 0 Å². The van der Waals surface area contributed by atoms with Crippen LogP contribution in [0.4, 0.5) is 4.79 Å². The van der Waals surface area contributed by atoms with E-state index in [1.165, 1.54) is 0 Å². The normalized spacial score (nSPS) is 12.0. The van der Waals surface area contributed by atoms with Gasteiger partial charge < -0.3 is 15.4 Å². The molecule has 0 aliphatic carbocycles. The van der Waals surface area contributed by atoms with Crippen LogP contribution in [0.25, 0.3) is 0 Å². The summed E-state index contributed by atoms with van der Waals surface area (Å²) in [5.74, 6) is 0.861. The molecule has 0 aliphatic heterocycles. The van der Waals surface area contributed by atoms with Crippen LogP contribution in [0.5, 0.6) is 5.75 Å². The van der Waals surface area contributed by atoms with E-state index in [-0.39, 0.29) is 6.03 Å². The van der Waals surface area contributed by atoms with Crippen molar-refractivity contribution in [2.75, 3.05) is 33.3 Å². The number of likely N-dealkylation sites (N-methyl/N-ethyl adjacent to an activating group) is 1. The molecule has 0 saturated heterocycles. The van der Waals surface area contributed by atoms with Gasteiger partial charge in [0.2, 0.25) is 0 Å². The van der Waals surface area contributed by atoms with E-state index in [0.29, 0.717) is 19.1 Å². The first-order chi connectivity index (χ1) is 10.6. The van der Waals surface area contributed by atoms with Crippen LogP contribution < -0.4 is 15.4 Å². The van der Waals surface area contributed by atoms with Gasteiger partial charge in [-0.05, 0) is 38.1 Å². The molecule has 5 heteroatoms. The largest absolute Gasteiger partial charge is 0.496 e. The maximum absolute atomic E-state index is 11.8. The summed E-state index contributed by atoms with van der Waals surface area (Å²) in [5.41, 5.74) is 1.10. The third-order valence-electron chi connectivity index (χ3n) is 3.87. The number of hydrogen-bond acceptors (Lipinski definition) is 3. The lowest BCUT2D eigenvalue weighted by Gasteiger charge is -2.26. The summed E-state index contributed by atoms with van der Waals surface area (Å²) >= 11 is 0. The molecule has 1 rings (SSSR count). The van der Waals surface area contributed by atoms with Crippen molar-refractivity contribution in [1.82, 2.24) is 15.5 Å². The molecule has 0 heterocycles. The van der Waals surface area contributed by atoms with E-state index in [1.54, 1.807) is 7.11 Å². The van der Waals surface area contributed by atoms with Gasteiger partial charge in [-0.25, -0.2) is 4.79 Å². The third-order valence-corrected chi connectivity index (χ3v) is 3.87. The number of carbonyl (C=O) groups excluding carboxylic acids is 1. The second kappa shape index (κ2) is 10.1. The molecule has 0 bridgehead atoms. The fourth-order valence-electron chi connectivity index (χ4n) is 2.50. The van der Waals surface area contributed by atoms with E-state index >= 15 is 0 Å². The maximum atomic E-state index is 11.8. The summed E-state index contributed by atoms with van der Waals surface area (Å²) in [5, 5.41) is 5.81. The second-order valence-electron chi connectivity index (χ2n) is 5.27. The van der Waals surface area contributed by atoms with Crippen molar-refractivity contribution in [3.8, 4) is 5.75 Å². The van der Waals surface area contributed by atoms with Gasteiger partial charge in [-0.2, -0.15) is 0 Å². The number of nitrogens with zero attached hydrogens (tertiary/aromatic N) is 1. The number of rotatable bonds is 9. The van der Waals surface area contributed by atoms with Crippen LogP contribution in [0, 0.1) is 0 Å². The molecular formula is C17H29N3O2. The molecule has 1 unspecified atom stereocenters. The van der Waals surface area contributed by atoms with Gasteiger partial charge in [0.05, 0.1) is 7.11 Å². The number of carbonyl (C=O) groups is 1. The maximum Gasteiger partial charge on any atom is 0.314 e. The Morgan fingerprint density at radius 2 is 1.91 bits per heavy atom. The Morgan fingerprint density at radius 3 is 2.55 bits per heavy atom. The van der Waals surface area contributed by atoms with Crippen molar-refractivity contribution in [1.29, 1.82) is 0 Å². The Bertz CT molecular complexity index is 447. The highest BCUT2D eigenvalue weighted by molar-refractivity contribution is 5.73. The topological polar surface area (TPSA) is 53.6 Å². The lowest BCUT2D eigenvalue weighted by molar-refractivity contribution is 0.215. The summed E-state index contributed by atoms with van der Waals surface area (Å²) in [6, 6.07) is 8.09. The van der Waals surface area contributed by atoms with Gasteiger partial charge in [0, 0.05) is 19.1 Å². The van der Waals surface area contributed by atoms with Crippen LogP contribution in [-0.4, -0.2) is 50.3 Å². The van der Waals surface area contributed by atoms with E-state index in [0.717, 1.165) is 30.8 Å². The number of ether oxygens (including phenoxy) is 1. The Hall–Kier alpha value is -1.75. The van der Waals surface area contributed by atoms with Crippen LogP contribution in [0.1, 0.15) is 26.3 Å². The van der Waals surface area contributed by atoms with Crippen LogP contribution in [0.2, 0.25) is 0 Å². The summed E-state index contributed by atoms with van der Waals surface area (Å²) in [6.45, 7) is 9.63. The van der Waals surface area contributed by atoms with Crippen molar-refractivity contribution >= 4 is 6.03 Å². The summed E-state index contributed by atoms with van der Waals surface area (Å²) in [4.78, 5) is 14.1. The Kier molecular flexibility index (Phi) is 8.36. The molecule has 22 heavy (non-hydrogen) atoms. The summed E-state index contributed by atoms with van der Waals surface area (Å²) in [7, 11) is 1.66. The molecule has 0 radical (unpaired) electrons. The predicted molar refractivity (Wildman–Crippen MR) is 90.5 cm³/mol. The zero-order valence-corrected chi connectivity index (χ0v) is 14.2. The van der Waals surface area contributed by atoms with Gasteiger partial charge in [0.15, 0.2) is 0 Å². The predicted octanol–water partition coefficient (Wildman–Crippen LogP) is 2.27. The molecule has 2 N–H and O–H groups in total. The highest BCUT2D eigenvalue weighted by Crippen LogP contribution is 2.17. The molecule has 0 fully saturated rings. The van der Waals surface area contributed by atoms with E-state index in [4.69, 9.17) is 4.74 Å². The minimum absolute atomic E-state index is 0.117. The minimum atomic E-state index is -0.117. The van der Waals surface area contributed by atoms with Crippen LogP contribution in [0.3, 0.4) is 0 Å². The average molecular weight is 307 g/mol. The number of methoxy groups -OCH3 is 1. The zero-order chi connectivity index (χ0) is 16.4. The average Bonchev–Trinajstić information content (AvgIpc) is 2.54. The number of hydrogen-bond donors (Lipinski definition) is 2. The van der Waals surface area contributed by atoms with E-state index in [1.807, 2.05) is 24.3 Å². The Balaban J connectivity index is 2.29.